The van der Waals surface area contributed by atoms with Crippen LogP contribution in [0.15, 0.2) is 24.3 Å². The van der Waals surface area contributed by atoms with Crippen LogP contribution in [0.2, 0.25) is 0 Å². The van der Waals surface area contributed by atoms with Crippen molar-refractivity contribution in [2.24, 2.45) is 0 Å². The molecule has 0 saturated heterocycles. The molecule has 0 saturated carbocycles. The molecule has 0 fully saturated rings. The van der Waals surface area contributed by atoms with E-state index in [4.69, 9.17) is 0 Å². The van der Waals surface area contributed by atoms with E-state index in [1.54, 1.807) is 25.1 Å². The molecular weight excluding hydrogens is 201 g/mol. The highest BCUT2D eigenvalue weighted by Crippen LogP contribution is 2.15. The SMILES string of the molecule is CC(NC(=O)CS)c1ccccc1F. The van der Waals surface area contributed by atoms with Crippen LogP contribution in [0, 0.1) is 5.82 Å². The van der Waals surface area contributed by atoms with Gasteiger partial charge in [-0.05, 0) is 13.0 Å². The van der Waals surface area contributed by atoms with Gasteiger partial charge in [-0.15, -0.1) is 0 Å². The first-order chi connectivity index (χ1) is 6.65. The summed E-state index contributed by atoms with van der Waals surface area (Å²) in [5, 5.41) is 2.63. The molecule has 1 N–H and O–H groups in total. The van der Waals surface area contributed by atoms with Crippen LogP contribution in [0.25, 0.3) is 0 Å². The molecule has 1 aromatic carbocycles. The summed E-state index contributed by atoms with van der Waals surface area (Å²) in [6.45, 7) is 1.74. The normalized spacial score (nSPS) is 12.2. The number of hydrogen-bond acceptors (Lipinski definition) is 2. The molecule has 0 bridgehead atoms. The molecule has 4 heteroatoms. The van der Waals surface area contributed by atoms with Gasteiger partial charge in [-0.25, -0.2) is 4.39 Å². The van der Waals surface area contributed by atoms with Gasteiger partial charge in [0.05, 0.1) is 11.8 Å². The van der Waals surface area contributed by atoms with Crippen LogP contribution in [0.4, 0.5) is 4.39 Å². The number of benzene rings is 1. The van der Waals surface area contributed by atoms with E-state index in [0.29, 0.717) is 5.56 Å². The minimum atomic E-state index is -0.323. The zero-order valence-corrected chi connectivity index (χ0v) is 8.72. The fourth-order valence-corrected chi connectivity index (χ4v) is 1.28. The average Bonchev–Trinajstić information content (AvgIpc) is 2.18. The van der Waals surface area contributed by atoms with Crippen LogP contribution < -0.4 is 5.32 Å². The van der Waals surface area contributed by atoms with Crippen LogP contribution in [0.1, 0.15) is 18.5 Å². The van der Waals surface area contributed by atoms with Crippen molar-refractivity contribution in [3.8, 4) is 0 Å². The van der Waals surface area contributed by atoms with Gasteiger partial charge in [0.15, 0.2) is 0 Å². The number of rotatable bonds is 3. The molecule has 0 aliphatic rings. The lowest BCUT2D eigenvalue weighted by atomic mass is 10.1. The second kappa shape index (κ2) is 5.00. The monoisotopic (exact) mass is 213 g/mol. The number of nitrogens with one attached hydrogen (secondary N) is 1. The molecule has 2 nitrogen and oxygen atoms in total. The van der Waals surface area contributed by atoms with Crippen molar-refractivity contribution in [1.82, 2.24) is 5.32 Å². The highest BCUT2D eigenvalue weighted by molar-refractivity contribution is 7.81. The number of halogens is 1. The minimum Gasteiger partial charge on any atom is -0.349 e. The van der Waals surface area contributed by atoms with Gasteiger partial charge in [-0.1, -0.05) is 18.2 Å². The van der Waals surface area contributed by atoms with Crippen LogP contribution in [-0.4, -0.2) is 11.7 Å². The van der Waals surface area contributed by atoms with Crippen molar-refractivity contribution >= 4 is 18.5 Å². The highest BCUT2D eigenvalue weighted by Gasteiger charge is 2.11. The van der Waals surface area contributed by atoms with Crippen molar-refractivity contribution in [2.75, 3.05) is 5.75 Å². The van der Waals surface area contributed by atoms with Crippen LogP contribution >= 0.6 is 12.6 Å². The summed E-state index contributed by atoms with van der Waals surface area (Å²) in [7, 11) is 0. The van der Waals surface area contributed by atoms with E-state index in [2.05, 4.69) is 17.9 Å². The van der Waals surface area contributed by atoms with Crippen molar-refractivity contribution in [1.29, 1.82) is 0 Å². The first-order valence-electron chi connectivity index (χ1n) is 4.29. The Balaban J connectivity index is 2.74. The van der Waals surface area contributed by atoms with Crippen molar-refractivity contribution in [3.63, 3.8) is 0 Å². The molecule has 0 spiro atoms. The number of hydrogen-bond donors (Lipinski definition) is 2. The van der Waals surface area contributed by atoms with E-state index in [1.165, 1.54) is 6.07 Å². The van der Waals surface area contributed by atoms with Gasteiger partial charge in [-0.3, -0.25) is 4.79 Å². The largest absolute Gasteiger partial charge is 0.349 e. The first kappa shape index (κ1) is 11.0. The van der Waals surface area contributed by atoms with Crippen molar-refractivity contribution < 1.29 is 9.18 Å². The predicted molar refractivity (Wildman–Crippen MR) is 56.8 cm³/mol. The summed E-state index contributed by atoms with van der Waals surface area (Å²) >= 11 is 3.82. The fourth-order valence-electron chi connectivity index (χ4n) is 1.19. The van der Waals surface area contributed by atoms with Gasteiger partial charge in [0, 0.05) is 5.56 Å². The Morgan fingerprint density at radius 1 is 1.57 bits per heavy atom. The first-order valence-corrected chi connectivity index (χ1v) is 4.93. The fraction of sp³-hybridized carbons (Fsp3) is 0.300. The summed E-state index contributed by atoms with van der Waals surface area (Å²) in [5.41, 5.74) is 0.489. The third-order valence-electron chi connectivity index (χ3n) is 1.89. The lowest BCUT2D eigenvalue weighted by Crippen LogP contribution is -2.28. The highest BCUT2D eigenvalue weighted by atomic mass is 32.1. The second-order valence-corrected chi connectivity index (χ2v) is 3.29. The van der Waals surface area contributed by atoms with Crippen LogP contribution in [0.3, 0.4) is 0 Å². The molecule has 0 heterocycles. The Hall–Kier alpha value is -1.03. The molecule has 1 unspecified atom stereocenters. The Kier molecular flexibility index (Phi) is 3.95. The molecule has 1 atom stereocenters. The summed E-state index contributed by atoms with van der Waals surface area (Å²) in [5.74, 6) is -0.401. The van der Waals surface area contributed by atoms with Gasteiger partial charge in [0.1, 0.15) is 5.82 Å². The summed E-state index contributed by atoms with van der Waals surface area (Å²) in [6, 6.07) is 6.06. The quantitative estimate of drug-likeness (QED) is 0.738. The molecule has 1 amide bonds. The van der Waals surface area contributed by atoms with Crippen LogP contribution in [-0.2, 0) is 4.79 Å². The standard InChI is InChI=1S/C10H12FNOS/c1-7(12-10(13)6-14)8-4-2-3-5-9(8)11/h2-5,7,14H,6H2,1H3,(H,12,13). The summed E-state index contributed by atoms with van der Waals surface area (Å²) < 4.78 is 13.2. The molecule has 1 aromatic rings. The maximum atomic E-state index is 13.2. The van der Waals surface area contributed by atoms with Gasteiger partial charge < -0.3 is 5.32 Å². The summed E-state index contributed by atoms with van der Waals surface area (Å²) in [6.07, 6.45) is 0. The Morgan fingerprint density at radius 2 is 2.21 bits per heavy atom. The molecular formula is C10H12FNOS. The third kappa shape index (κ3) is 2.73. The average molecular weight is 213 g/mol. The van der Waals surface area contributed by atoms with E-state index < -0.39 is 0 Å². The Bertz CT molecular complexity index is 330. The zero-order valence-electron chi connectivity index (χ0n) is 7.83. The maximum absolute atomic E-state index is 13.2. The topological polar surface area (TPSA) is 29.1 Å². The summed E-state index contributed by atoms with van der Waals surface area (Å²) in [4.78, 5) is 11.0. The molecule has 0 aromatic heterocycles. The van der Waals surface area contributed by atoms with Gasteiger partial charge in [-0.2, -0.15) is 12.6 Å². The lowest BCUT2D eigenvalue weighted by Gasteiger charge is -2.13. The minimum absolute atomic E-state index is 0.110. The van der Waals surface area contributed by atoms with E-state index in [0.717, 1.165) is 0 Å². The number of thiol groups is 1. The number of carbonyl (C=O) groups excluding carboxylic acids is 1. The van der Waals surface area contributed by atoms with Crippen molar-refractivity contribution in [3.05, 3.63) is 35.6 Å². The van der Waals surface area contributed by atoms with Gasteiger partial charge >= 0.3 is 0 Å². The molecule has 1 rings (SSSR count). The van der Waals surface area contributed by atoms with Crippen LogP contribution in [0.5, 0.6) is 0 Å². The van der Waals surface area contributed by atoms with E-state index in [9.17, 15) is 9.18 Å². The molecule has 0 aliphatic carbocycles. The third-order valence-corrected chi connectivity index (χ3v) is 2.18. The Labute approximate surface area is 87.9 Å². The second-order valence-electron chi connectivity index (χ2n) is 2.97. The van der Waals surface area contributed by atoms with E-state index >= 15 is 0 Å². The molecule has 0 radical (unpaired) electrons. The maximum Gasteiger partial charge on any atom is 0.230 e. The van der Waals surface area contributed by atoms with E-state index in [1.807, 2.05) is 0 Å². The Morgan fingerprint density at radius 3 is 2.79 bits per heavy atom. The zero-order chi connectivity index (χ0) is 10.6. The number of amides is 1. The van der Waals surface area contributed by atoms with E-state index in [-0.39, 0.29) is 23.5 Å². The lowest BCUT2D eigenvalue weighted by molar-refractivity contribution is -0.119. The predicted octanol–water partition coefficient (Wildman–Crippen LogP) is 1.93. The van der Waals surface area contributed by atoms with Gasteiger partial charge in [0.2, 0.25) is 5.91 Å². The van der Waals surface area contributed by atoms with Crippen molar-refractivity contribution in [2.45, 2.75) is 13.0 Å². The molecule has 14 heavy (non-hydrogen) atoms. The smallest absolute Gasteiger partial charge is 0.230 e. The molecule has 0 aliphatic heterocycles. The molecule has 76 valence electrons. The van der Waals surface area contributed by atoms with Gasteiger partial charge in [0.25, 0.3) is 0 Å². The number of carbonyl (C=O) groups is 1.